The number of fused-ring (bicyclic) bond motifs is 1. The van der Waals surface area contributed by atoms with Crippen LogP contribution in [0.25, 0.3) is 0 Å². The van der Waals surface area contributed by atoms with Gasteiger partial charge in [-0.2, -0.15) is 0 Å². The molecule has 0 unspecified atom stereocenters. The molecule has 5 heteroatoms. The fraction of sp³-hybridized carbons (Fsp3) is 0.435. The molecule has 2 aromatic rings. The molecule has 1 aliphatic heterocycles. The van der Waals surface area contributed by atoms with Crippen LogP contribution in [0.3, 0.4) is 0 Å². The maximum atomic E-state index is 12.3. The molecule has 0 saturated carbocycles. The summed E-state index contributed by atoms with van der Waals surface area (Å²) in [4.78, 5) is 14.7. The number of aryl methyl sites for hydroxylation is 1. The Bertz CT molecular complexity index is 832. The van der Waals surface area contributed by atoms with Crippen LogP contribution in [-0.4, -0.2) is 43.2 Å². The maximum absolute atomic E-state index is 12.3. The van der Waals surface area contributed by atoms with Gasteiger partial charge < -0.3 is 14.8 Å². The minimum atomic E-state index is -0.134. The summed E-state index contributed by atoms with van der Waals surface area (Å²) in [6.07, 6.45) is 1.05. The van der Waals surface area contributed by atoms with Crippen molar-refractivity contribution in [3.8, 4) is 11.5 Å². The van der Waals surface area contributed by atoms with Crippen LogP contribution >= 0.6 is 0 Å². The standard InChI is InChI=1S/C23H30N2O3/c1-17-9-10-20(21(13-17)27-4)28-15-22(26)24-16-23(2,3)25-12-11-18-7-5-6-8-19(18)14-25/h5-10,13H,11-12,14-16H2,1-4H3,(H,24,26). The summed E-state index contributed by atoms with van der Waals surface area (Å²) in [6.45, 7) is 8.78. The summed E-state index contributed by atoms with van der Waals surface area (Å²) in [5, 5.41) is 3.02. The van der Waals surface area contributed by atoms with E-state index in [0.29, 0.717) is 18.0 Å². The lowest BCUT2D eigenvalue weighted by Crippen LogP contribution is -2.53. The monoisotopic (exact) mass is 382 g/mol. The van der Waals surface area contributed by atoms with Gasteiger partial charge in [-0.25, -0.2) is 0 Å². The first-order valence-corrected chi connectivity index (χ1v) is 9.75. The highest BCUT2D eigenvalue weighted by molar-refractivity contribution is 5.77. The van der Waals surface area contributed by atoms with Gasteiger partial charge in [-0.1, -0.05) is 30.3 Å². The van der Waals surface area contributed by atoms with Crippen molar-refractivity contribution in [1.29, 1.82) is 0 Å². The van der Waals surface area contributed by atoms with E-state index in [1.807, 2.05) is 25.1 Å². The topological polar surface area (TPSA) is 50.8 Å². The van der Waals surface area contributed by atoms with Crippen molar-refractivity contribution in [3.05, 3.63) is 59.2 Å². The molecule has 28 heavy (non-hydrogen) atoms. The Morgan fingerprint density at radius 3 is 2.64 bits per heavy atom. The van der Waals surface area contributed by atoms with Gasteiger partial charge in [0.1, 0.15) is 0 Å². The van der Waals surface area contributed by atoms with Crippen LogP contribution in [0.4, 0.5) is 0 Å². The van der Waals surface area contributed by atoms with Crippen LogP contribution in [0.2, 0.25) is 0 Å². The lowest BCUT2D eigenvalue weighted by atomic mass is 9.94. The van der Waals surface area contributed by atoms with E-state index in [9.17, 15) is 4.79 Å². The van der Waals surface area contributed by atoms with Crippen LogP contribution in [0.15, 0.2) is 42.5 Å². The van der Waals surface area contributed by atoms with Crippen molar-refractivity contribution in [1.82, 2.24) is 10.2 Å². The number of rotatable bonds is 7. The SMILES string of the molecule is COc1cc(C)ccc1OCC(=O)NCC(C)(C)N1CCc2ccccc2C1. The number of amides is 1. The quantitative estimate of drug-likeness (QED) is 0.798. The van der Waals surface area contributed by atoms with Gasteiger partial charge in [0.2, 0.25) is 0 Å². The lowest BCUT2D eigenvalue weighted by Gasteiger charge is -2.41. The number of carbonyl (C=O) groups excluding carboxylic acids is 1. The van der Waals surface area contributed by atoms with Gasteiger partial charge in [0, 0.05) is 25.2 Å². The van der Waals surface area contributed by atoms with E-state index in [0.717, 1.165) is 25.1 Å². The molecule has 0 radical (unpaired) electrons. The number of ether oxygens (including phenoxy) is 2. The Labute approximate surface area is 167 Å². The molecule has 0 aromatic heterocycles. The molecule has 150 valence electrons. The van der Waals surface area contributed by atoms with Gasteiger partial charge in [0.05, 0.1) is 7.11 Å². The van der Waals surface area contributed by atoms with E-state index >= 15 is 0 Å². The van der Waals surface area contributed by atoms with Crippen molar-refractivity contribution in [2.75, 3.05) is 26.8 Å². The van der Waals surface area contributed by atoms with E-state index in [1.165, 1.54) is 11.1 Å². The van der Waals surface area contributed by atoms with Crippen molar-refractivity contribution in [2.24, 2.45) is 0 Å². The Hall–Kier alpha value is -2.53. The lowest BCUT2D eigenvalue weighted by molar-refractivity contribution is -0.123. The summed E-state index contributed by atoms with van der Waals surface area (Å²) < 4.78 is 11.0. The fourth-order valence-electron chi connectivity index (χ4n) is 3.53. The molecular weight excluding hydrogens is 352 g/mol. The Kier molecular flexibility index (Phi) is 6.25. The van der Waals surface area contributed by atoms with Crippen LogP contribution in [-0.2, 0) is 17.8 Å². The van der Waals surface area contributed by atoms with Gasteiger partial charge in [0.15, 0.2) is 18.1 Å². The third kappa shape index (κ3) is 4.84. The average molecular weight is 383 g/mol. The molecule has 1 heterocycles. The Morgan fingerprint density at radius 1 is 1.14 bits per heavy atom. The molecule has 0 fully saturated rings. The van der Waals surface area contributed by atoms with Gasteiger partial charge in [-0.3, -0.25) is 9.69 Å². The van der Waals surface area contributed by atoms with Crippen molar-refractivity contribution in [3.63, 3.8) is 0 Å². The zero-order valence-corrected chi connectivity index (χ0v) is 17.2. The maximum Gasteiger partial charge on any atom is 0.258 e. The first kappa shape index (κ1) is 20.2. The number of nitrogens with one attached hydrogen (secondary N) is 1. The highest BCUT2D eigenvalue weighted by Gasteiger charge is 2.30. The number of nitrogens with zero attached hydrogens (tertiary/aromatic N) is 1. The first-order valence-electron chi connectivity index (χ1n) is 9.75. The summed E-state index contributed by atoms with van der Waals surface area (Å²) in [6, 6.07) is 14.3. The molecule has 1 N–H and O–H groups in total. The van der Waals surface area contributed by atoms with Gasteiger partial charge >= 0.3 is 0 Å². The number of hydrogen-bond acceptors (Lipinski definition) is 4. The fourth-order valence-corrected chi connectivity index (χ4v) is 3.53. The molecule has 2 aromatic carbocycles. The number of carbonyl (C=O) groups is 1. The van der Waals surface area contributed by atoms with Crippen LogP contribution in [0, 0.1) is 6.92 Å². The third-order valence-corrected chi connectivity index (χ3v) is 5.38. The number of hydrogen-bond donors (Lipinski definition) is 1. The minimum Gasteiger partial charge on any atom is -0.493 e. The number of methoxy groups -OCH3 is 1. The van der Waals surface area contributed by atoms with Crippen LogP contribution in [0.5, 0.6) is 11.5 Å². The van der Waals surface area contributed by atoms with E-state index in [2.05, 4.69) is 48.3 Å². The molecule has 0 bridgehead atoms. The van der Waals surface area contributed by atoms with Crippen molar-refractivity contribution in [2.45, 2.75) is 39.3 Å². The summed E-state index contributed by atoms with van der Waals surface area (Å²) in [5.74, 6) is 1.09. The third-order valence-electron chi connectivity index (χ3n) is 5.38. The predicted octanol–water partition coefficient (Wildman–Crippen LogP) is 3.34. The highest BCUT2D eigenvalue weighted by atomic mass is 16.5. The molecule has 3 rings (SSSR count). The molecule has 0 saturated heterocycles. The first-order chi connectivity index (χ1) is 13.4. The van der Waals surface area contributed by atoms with Crippen LogP contribution < -0.4 is 14.8 Å². The second-order valence-corrected chi connectivity index (χ2v) is 7.97. The van der Waals surface area contributed by atoms with E-state index in [-0.39, 0.29) is 18.1 Å². The second-order valence-electron chi connectivity index (χ2n) is 7.97. The molecule has 1 amide bonds. The zero-order valence-electron chi connectivity index (χ0n) is 17.2. The zero-order chi connectivity index (χ0) is 20.1. The highest BCUT2D eigenvalue weighted by Crippen LogP contribution is 2.28. The molecule has 0 spiro atoms. The van der Waals surface area contributed by atoms with Gasteiger partial charge in [0.25, 0.3) is 5.91 Å². The minimum absolute atomic E-state index is 0.0294. The van der Waals surface area contributed by atoms with E-state index in [4.69, 9.17) is 9.47 Å². The van der Waals surface area contributed by atoms with E-state index < -0.39 is 0 Å². The Balaban J connectivity index is 1.51. The van der Waals surface area contributed by atoms with Crippen LogP contribution in [0.1, 0.15) is 30.5 Å². The van der Waals surface area contributed by atoms with Gasteiger partial charge in [-0.05, 0) is 56.0 Å². The van der Waals surface area contributed by atoms with Gasteiger partial charge in [-0.15, -0.1) is 0 Å². The second kappa shape index (κ2) is 8.65. The normalized spacial score (nSPS) is 14.3. The summed E-state index contributed by atoms with van der Waals surface area (Å²) in [5.41, 5.74) is 3.76. The average Bonchev–Trinajstić information content (AvgIpc) is 2.70. The van der Waals surface area contributed by atoms with E-state index in [1.54, 1.807) is 7.11 Å². The molecule has 1 aliphatic rings. The molecule has 5 nitrogen and oxygen atoms in total. The van der Waals surface area contributed by atoms with Crippen molar-refractivity contribution >= 4 is 5.91 Å². The molecule has 0 atom stereocenters. The molecule has 0 aliphatic carbocycles. The smallest absolute Gasteiger partial charge is 0.258 e. The summed E-state index contributed by atoms with van der Waals surface area (Å²) >= 11 is 0. The molecular formula is C23H30N2O3. The predicted molar refractivity (Wildman–Crippen MR) is 111 cm³/mol. The van der Waals surface area contributed by atoms with Crippen molar-refractivity contribution < 1.29 is 14.3 Å². The summed E-state index contributed by atoms with van der Waals surface area (Å²) in [7, 11) is 1.60. The Morgan fingerprint density at radius 2 is 1.89 bits per heavy atom. The largest absolute Gasteiger partial charge is 0.493 e. The number of benzene rings is 2.